The average Bonchev–Trinajstić information content (AvgIpc) is 2.95. The molecule has 0 aliphatic heterocycles. The monoisotopic (exact) mass is 347 g/mol. The van der Waals surface area contributed by atoms with Crippen LogP contribution in [0, 0.1) is 13.8 Å². The maximum atomic E-state index is 12.2. The summed E-state index contributed by atoms with van der Waals surface area (Å²) >= 11 is 0. The van der Waals surface area contributed by atoms with Crippen molar-refractivity contribution in [1.82, 2.24) is 9.88 Å². The van der Waals surface area contributed by atoms with Crippen molar-refractivity contribution in [3.8, 4) is 5.69 Å². The molecule has 1 heterocycles. The van der Waals surface area contributed by atoms with Gasteiger partial charge < -0.3 is 15.2 Å². The molecule has 0 saturated heterocycles. The van der Waals surface area contributed by atoms with Crippen LogP contribution in [0.15, 0.2) is 60.7 Å². The number of anilines is 1. The van der Waals surface area contributed by atoms with E-state index in [1.54, 1.807) is 0 Å². The van der Waals surface area contributed by atoms with Crippen molar-refractivity contribution in [2.45, 2.75) is 33.7 Å². The second kappa shape index (κ2) is 7.91. The van der Waals surface area contributed by atoms with E-state index >= 15 is 0 Å². The summed E-state index contributed by atoms with van der Waals surface area (Å²) in [4.78, 5) is 12.2. The maximum Gasteiger partial charge on any atom is 0.319 e. The highest BCUT2D eigenvalue weighted by atomic mass is 16.2. The lowest BCUT2D eigenvalue weighted by atomic mass is 10.1. The molecule has 3 rings (SSSR count). The number of nitrogens with one attached hydrogen (secondary N) is 2. The highest BCUT2D eigenvalue weighted by Crippen LogP contribution is 2.20. The Kier molecular flexibility index (Phi) is 5.42. The van der Waals surface area contributed by atoms with Crippen LogP contribution in [0.2, 0.25) is 0 Å². The second-order valence-corrected chi connectivity index (χ2v) is 6.43. The molecule has 2 N–H and O–H groups in total. The van der Waals surface area contributed by atoms with Crippen LogP contribution < -0.4 is 10.6 Å². The van der Waals surface area contributed by atoms with Gasteiger partial charge in [0.05, 0.1) is 0 Å². The van der Waals surface area contributed by atoms with E-state index in [1.165, 1.54) is 5.56 Å². The van der Waals surface area contributed by atoms with Gasteiger partial charge in [0.1, 0.15) is 0 Å². The number of nitrogens with zero attached hydrogens (tertiary/aromatic N) is 1. The summed E-state index contributed by atoms with van der Waals surface area (Å²) in [6.45, 7) is 6.77. The minimum Gasteiger partial charge on any atom is -0.334 e. The zero-order valence-corrected chi connectivity index (χ0v) is 15.5. The Balaban J connectivity index is 1.65. The summed E-state index contributed by atoms with van der Waals surface area (Å²) < 4.78 is 2.21. The van der Waals surface area contributed by atoms with Crippen LogP contribution in [0.1, 0.15) is 29.4 Å². The minimum atomic E-state index is -0.196. The first-order valence-corrected chi connectivity index (χ1v) is 8.95. The number of carbonyl (C=O) groups is 1. The molecular formula is C22H25N3O. The van der Waals surface area contributed by atoms with Gasteiger partial charge in [-0.3, -0.25) is 0 Å². The number of carbonyl (C=O) groups excluding carboxylic acids is 1. The fraction of sp³-hybridized carbons (Fsp3) is 0.227. The van der Waals surface area contributed by atoms with E-state index in [0.29, 0.717) is 6.54 Å². The standard InChI is InChI=1S/C22H25N3O/c1-4-18-10-12-20(13-11-18)24-22(26)23-15-19-14-16(2)25(17(19)3)21-8-6-5-7-9-21/h5-14H,4,15H2,1-3H3,(H2,23,24,26). The second-order valence-electron chi connectivity index (χ2n) is 6.43. The normalized spacial score (nSPS) is 10.6. The van der Waals surface area contributed by atoms with E-state index in [9.17, 15) is 4.79 Å². The number of aryl methyl sites for hydroxylation is 2. The highest BCUT2D eigenvalue weighted by Gasteiger charge is 2.11. The van der Waals surface area contributed by atoms with Crippen LogP contribution >= 0.6 is 0 Å². The first kappa shape index (κ1) is 17.8. The Hall–Kier alpha value is -3.01. The molecule has 0 aliphatic rings. The van der Waals surface area contributed by atoms with Gasteiger partial charge in [-0.2, -0.15) is 0 Å². The van der Waals surface area contributed by atoms with Gasteiger partial charge in [-0.15, -0.1) is 0 Å². The Morgan fingerprint density at radius 3 is 2.35 bits per heavy atom. The number of rotatable bonds is 5. The van der Waals surface area contributed by atoms with Gasteiger partial charge in [-0.25, -0.2) is 4.79 Å². The summed E-state index contributed by atoms with van der Waals surface area (Å²) in [7, 11) is 0. The van der Waals surface area contributed by atoms with Crippen molar-refractivity contribution in [3.05, 3.63) is 83.2 Å². The van der Waals surface area contributed by atoms with Crippen LogP contribution in [0.25, 0.3) is 5.69 Å². The summed E-state index contributed by atoms with van der Waals surface area (Å²) in [5.74, 6) is 0. The van der Waals surface area contributed by atoms with E-state index in [-0.39, 0.29) is 6.03 Å². The lowest BCUT2D eigenvalue weighted by Gasteiger charge is -2.11. The van der Waals surface area contributed by atoms with Crippen molar-refractivity contribution >= 4 is 11.7 Å². The van der Waals surface area contributed by atoms with Crippen LogP contribution in [0.3, 0.4) is 0 Å². The Bertz CT molecular complexity index is 880. The van der Waals surface area contributed by atoms with E-state index < -0.39 is 0 Å². The van der Waals surface area contributed by atoms with Gasteiger partial charge in [-0.1, -0.05) is 37.3 Å². The number of urea groups is 1. The maximum absolute atomic E-state index is 12.2. The first-order chi connectivity index (χ1) is 12.6. The number of hydrogen-bond acceptors (Lipinski definition) is 1. The van der Waals surface area contributed by atoms with Crippen molar-refractivity contribution in [3.63, 3.8) is 0 Å². The number of benzene rings is 2. The Labute approximate surface area is 154 Å². The predicted molar refractivity (Wildman–Crippen MR) is 107 cm³/mol. The van der Waals surface area contributed by atoms with Gasteiger partial charge in [0.2, 0.25) is 0 Å². The van der Waals surface area contributed by atoms with Gasteiger partial charge in [0.15, 0.2) is 0 Å². The molecular weight excluding hydrogens is 322 g/mol. The number of hydrogen-bond donors (Lipinski definition) is 2. The molecule has 0 bridgehead atoms. The predicted octanol–water partition coefficient (Wildman–Crippen LogP) is 4.98. The topological polar surface area (TPSA) is 46.1 Å². The smallest absolute Gasteiger partial charge is 0.319 e. The molecule has 26 heavy (non-hydrogen) atoms. The lowest BCUT2D eigenvalue weighted by molar-refractivity contribution is 0.251. The molecule has 0 aliphatic carbocycles. The van der Waals surface area contributed by atoms with E-state index in [4.69, 9.17) is 0 Å². The summed E-state index contributed by atoms with van der Waals surface area (Å²) in [6.07, 6.45) is 0.990. The van der Waals surface area contributed by atoms with Crippen molar-refractivity contribution in [2.24, 2.45) is 0 Å². The lowest BCUT2D eigenvalue weighted by Crippen LogP contribution is -2.28. The van der Waals surface area contributed by atoms with Crippen LogP contribution in [0.5, 0.6) is 0 Å². The third kappa shape index (κ3) is 3.97. The molecule has 3 aromatic rings. The Morgan fingerprint density at radius 2 is 1.69 bits per heavy atom. The average molecular weight is 347 g/mol. The molecule has 0 spiro atoms. The van der Waals surface area contributed by atoms with E-state index in [2.05, 4.69) is 54.2 Å². The molecule has 0 fully saturated rings. The molecule has 0 unspecified atom stereocenters. The molecule has 4 nitrogen and oxygen atoms in total. The fourth-order valence-electron chi connectivity index (χ4n) is 3.16. The van der Waals surface area contributed by atoms with Crippen LogP contribution in [-0.2, 0) is 13.0 Å². The zero-order valence-electron chi connectivity index (χ0n) is 15.5. The molecule has 134 valence electrons. The van der Waals surface area contributed by atoms with Gasteiger partial charge in [-0.05, 0) is 61.7 Å². The number of aromatic nitrogens is 1. The van der Waals surface area contributed by atoms with E-state index in [0.717, 1.165) is 34.7 Å². The molecule has 2 aromatic carbocycles. The quantitative estimate of drug-likeness (QED) is 0.672. The summed E-state index contributed by atoms with van der Waals surface area (Å²) in [5.41, 5.74) is 6.60. The number of amides is 2. The molecule has 2 amide bonds. The highest BCUT2D eigenvalue weighted by molar-refractivity contribution is 5.89. The van der Waals surface area contributed by atoms with Gasteiger partial charge >= 0.3 is 6.03 Å². The van der Waals surface area contributed by atoms with Crippen molar-refractivity contribution < 1.29 is 4.79 Å². The molecule has 1 aromatic heterocycles. The molecule has 0 radical (unpaired) electrons. The number of para-hydroxylation sites is 1. The molecule has 4 heteroatoms. The molecule has 0 atom stereocenters. The Morgan fingerprint density at radius 1 is 1.00 bits per heavy atom. The first-order valence-electron chi connectivity index (χ1n) is 8.95. The van der Waals surface area contributed by atoms with Gasteiger partial charge in [0.25, 0.3) is 0 Å². The summed E-state index contributed by atoms with van der Waals surface area (Å²) in [6, 6.07) is 20.1. The fourth-order valence-corrected chi connectivity index (χ4v) is 3.16. The third-order valence-corrected chi connectivity index (χ3v) is 4.61. The SMILES string of the molecule is CCc1ccc(NC(=O)NCc2cc(C)n(-c3ccccc3)c2C)cc1. The minimum absolute atomic E-state index is 0.196. The van der Waals surface area contributed by atoms with Crippen molar-refractivity contribution in [1.29, 1.82) is 0 Å². The van der Waals surface area contributed by atoms with Crippen molar-refractivity contribution in [2.75, 3.05) is 5.32 Å². The van der Waals surface area contributed by atoms with E-state index in [1.807, 2.05) is 42.5 Å². The van der Waals surface area contributed by atoms with Crippen LogP contribution in [0.4, 0.5) is 10.5 Å². The largest absolute Gasteiger partial charge is 0.334 e. The molecule has 0 saturated carbocycles. The zero-order chi connectivity index (χ0) is 18.5. The third-order valence-electron chi connectivity index (χ3n) is 4.61. The summed E-state index contributed by atoms with van der Waals surface area (Å²) in [5, 5.41) is 5.82. The van der Waals surface area contributed by atoms with Gasteiger partial charge in [0, 0.05) is 29.3 Å². The van der Waals surface area contributed by atoms with Crippen LogP contribution in [-0.4, -0.2) is 10.6 Å².